The molecule has 3 aliphatic heterocycles. The van der Waals surface area contributed by atoms with Gasteiger partial charge in [-0.3, -0.25) is 14.4 Å². The molecule has 1 spiro atoms. The molecule has 8 nitrogen and oxygen atoms in total. The number of rotatable bonds is 13. The summed E-state index contributed by atoms with van der Waals surface area (Å²) in [5.74, 6) is -2.10. The van der Waals surface area contributed by atoms with E-state index in [1.165, 1.54) is 0 Å². The van der Waals surface area contributed by atoms with Gasteiger partial charge in [0.1, 0.15) is 6.04 Å². The first-order valence-corrected chi connectivity index (χ1v) is 16.3. The molecule has 2 aromatic carbocycles. The summed E-state index contributed by atoms with van der Waals surface area (Å²) in [5.41, 5.74) is 2.75. The minimum atomic E-state index is -0.845. The number of amides is 2. The molecule has 0 aromatic heterocycles. The van der Waals surface area contributed by atoms with Crippen molar-refractivity contribution in [3.8, 4) is 0 Å². The number of hydrogen-bond donors (Lipinski definition) is 1. The van der Waals surface area contributed by atoms with Gasteiger partial charge in [-0.25, -0.2) is 0 Å². The van der Waals surface area contributed by atoms with Crippen LogP contribution >= 0.6 is 11.8 Å². The van der Waals surface area contributed by atoms with Crippen LogP contribution < -0.4 is 9.80 Å². The summed E-state index contributed by atoms with van der Waals surface area (Å²) >= 11 is 1.61. The lowest BCUT2D eigenvalue weighted by Gasteiger charge is -2.39. The van der Waals surface area contributed by atoms with Crippen molar-refractivity contribution in [1.29, 1.82) is 0 Å². The molecule has 6 atom stereocenters. The molecule has 43 heavy (non-hydrogen) atoms. The van der Waals surface area contributed by atoms with Crippen molar-refractivity contribution < 1.29 is 24.2 Å². The number of carbonyl (C=O) groups is 3. The number of ether oxygens (including phenoxy) is 1. The lowest BCUT2D eigenvalue weighted by atomic mass is 9.71. The number of likely N-dealkylation sites (tertiary alicyclic amines) is 1. The van der Waals surface area contributed by atoms with Gasteiger partial charge in [0, 0.05) is 36.3 Å². The Hall–Kier alpha value is -3.30. The summed E-state index contributed by atoms with van der Waals surface area (Å²) in [6.45, 7) is 11.9. The molecular weight excluding hydrogens is 562 g/mol. The third kappa shape index (κ3) is 5.46. The van der Waals surface area contributed by atoms with Crippen molar-refractivity contribution in [2.75, 3.05) is 42.6 Å². The highest BCUT2D eigenvalue weighted by Crippen LogP contribution is 2.67. The van der Waals surface area contributed by atoms with Crippen LogP contribution in [0.25, 0.3) is 0 Å². The molecule has 2 unspecified atom stereocenters. The van der Waals surface area contributed by atoms with Gasteiger partial charge in [0.25, 0.3) is 5.91 Å². The van der Waals surface area contributed by atoms with Crippen molar-refractivity contribution in [2.45, 2.75) is 62.1 Å². The average molecular weight is 606 g/mol. The third-order valence-electron chi connectivity index (χ3n) is 9.32. The zero-order valence-corrected chi connectivity index (χ0v) is 26.2. The Morgan fingerprint density at radius 3 is 2.40 bits per heavy atom. The Balaban J connectivity index is 1.57. The lowest BCUT2D eigenvalue weighted by Crippen LogP contribution is -2.58. The summed E-state index contributed by atoms with van der Waals surface area (Å²) in [6, 6.07) is 16.1. The van der Waals surface area contributed by atoms with Gasteiger partial charge < -0.3 is 24.5 Å². The molecule has 1 N–H and O–H groups in total. The summed E-state index contributed by atoms with van der Waals surface area (Å²) in [4.78, 5) is 48.2. The number of esters is 1. The molecule has 3 fully saturated rings. The quantitative estimate of drug-likeness (QED) is 0.269. The van der Waals surface area contributed by atoms with E-state index in [0.717, 1.165) is 36.4 Å². The van der Waals surface area contributed by atoms with Crippen LogP contribution in [0.4, 0.5) is 11.4 Å². The summed E-state index contributed by atoms with van der Waals surface area (Å²) in [7, 11) is 0. The fourth-order valence-corrected chi connectivity index (χ4v) is 9.63. The Morgan fingerprint density at radius 2 is 1.79 bits per heavy atom. The number of benzene rings is 2. The molecule has 2 amide bonds. The van der Waals surface area contributed by atoms with E-state index in [1.807, 2.05) is 54.6 Å². The predicted octanol–water partition coefficient (Wildman–Crippen LogP) is 4.31. The third-order valence-corrected chi connectivity index (χ3v) is 11.3. The highest BCUT2D eigenvalue weighted by atomic mass is 32.2. The smallest absolute Gasteiger partial charge is 0.310 e. The van der Waals surface area contributed by atoms with E-state index in [2.05, 4.69) is 25.3 Å². The molecule has 3 aliphatic rings. The van der Waals surface area contributed by atoms with Crippen LogP contribution in [0.1, 0.15) is 39.2 Å². The first kappa shape index (κ1) is 31.1. The van der Waals surface area contributed by atoms with Crippen molar-refractivity contribution in [1.82, 2.24) is 4.90 Å². The average Bonchev–Trinajstić information content (AvgIpc) is 3.67. The van der Waals surface area contributed by atoms with Crippen molar-refractivity contribution in [3.05, 3.63) is 72.8 Å². The molecule has 2 aromatic rings. The SMILES string of the molecule is C=CCN(C(=O)C1N([C@@H](CO)Cc2ccccc2)C(=O)[C@@H]2[C@H](C(=O)OCC)[C@@H]3CCC12S3)c1ccc(N(CC)CC)cc1. The molecule has 9 heteroatoms. The minimum Gasteiger partial charge on any atom is -0.466 e. The van der Waals surface area contributed by atoms with Crippen LogP contribution in [-0.4, -0.2) is 82.7 Å². The summed E-state index contributed by atoms with van der Waals surface area (Å²) < 4.78 is 4.69. The maximum Gasteiger partial charge on any atom is 0.310 e. The fraction of sp³-hybridized carbons (Fsp3) is 0.500. The maximum atomic E-state index is 14.9. The van der Waals surface area contributed by atoms with Gasteiger partial charge in [0.2, 0.25) is 5.91 Å². The molecule has 230 valence electrons. The predicted molar refractivity (Wildman–Crippen MR) is 171 cm³/mol. The zero-order chi connectivity index (χ0) is 30.7. The Kier molecular flexibility index (Phi) is 9.51. The van der Waals surface area contributed by atoms with Gasteiger partial charge in [-0.2, -0.15) is 0 Å². The molecule has 3 saturated heterocycles. The van der Waals surface area contributed by atoms with Gasteiger partial charge in [-0.15, -0.1) is 18.3 Å². The molecule has 0 saturated carbocycles. The number of hydrogen-bond acceptors (Lipinski definition) is 7. The van der Waals surface area contributed by atoms with Crippen LogP contribution in [0.3, 0.4) is 0 Å². The standard InChI is InChI=1S/C34H43N3O5S/c1-5-20-36(25-16-14-24(15-17-25)35(6-2)7-3)32(40)30-34-19-18-27(43-34)28(33(41)42-8-4)29(34)31(39)37(30)26(22-38)21-23-12-10-9-11-13-23/h5,9-17,26-30,38H,1,6-8,18-22H2,2-4H3/t26-,27+,28-,29+,30?,34?/m1/s1. The van der Waals surface area contributed by atoms with Gasteiger partial charge in [-0.05, 0) is 69.9 Å². The molecule has 3 heterocycles. The molecule has 0 radical (unpaired) electrons. The van der Waals surface area contributed by atoms with Gasteiger partial charge >= 0.3 is 5.97 Å². The van der Waals surface area contributed by atoms with Gasteiger partial charge in [0.05, 0.1) is 35.8 Å². The lowest BCUT2D eigenvalue weighted by molar-refractivity contribution is -0.154. The van der Waals surface area contributed by atoms with Crippen LogP contribution in [0.2, 0.25) is 0 Å². The second-order valence-electron chi connectivity index (χ2n) is 11.5. The Labute approximate surface area is 259 Å². The zero-order valence-electron chi connectivity index (χ0n) is 25.4. The molecule has 0 aliphatic carbocycles. The number of aliphatic hydroxyl groups excluding tert-OH is 1. The van der Waals surface area contributed by atoms with Crippen LogP contribution in [0, 0.1) is 11.8 Å². The van der Waals surface area contributed by atoms with Gasteiger partial charge in [0.15, 0.2) is 0 Å². The second kappa shape index (κ2) is 13.1. The topological polar surface area (TPSA) is 90.4 Å². The van der Waals surface area contributed by atoms with E-state index in [1.54, 1.807) is 34.6 Å². The Morgan fingerprint density at radius 1 is 1.12 bits per heavy atom. The largest absolute Gasteiger partial charge is 0.466 e. The normalized spacial score (nSPS) is 26.2. The van der Waals surface area contributed by atoms with Crippen LogP contribution in [0.15, 0.2) is 67.3 Å². The fourth-order valence-electron chi connectivity index (χ4n) is 7.44. The molecule has 2 bridgehead atoms. The minimum absolute atomic E-state index is 0.0756. The Bertz CT molecular complexity index is 1320. The van der Waals surface area contributed by atoms with E-state index in [0.29, 0.717) is 12.8 Å². The van der Waals surface area contributed by atoms with E-state index < -0.39 is 28.7 Å². The number of carbonyl (C=O) groups excluding carboxylic acids is 3. The van der Waals surface area contributed by atoms with Crippen LogP contribution in [0.5, 0.6) is 0 Å². The first-order valence-electron chi connectivity index (χ1n) is 15.4. The second-order valence-corrected chi connectivity index (χ2v) is 13.1. The van der Waals surface area contributed by atoms with Crippen molar-refractivity contribution >= 4 is 40.9 Å². The number of fused-ring (bicyclic) bond motifs is 1. The first-order chi connectivity index (χ1) is 20.8. The summed E-state index contributed by atoms with van der Waals surface area (Å²) in [6.07, 6.45) is 3.47. The number of thioether (sulfide) groups is 1. The highest BCUT2D eigenvalue weighted by molar-refractivity contribution is 8.02. The molecule has 5 rings (SSSR count). The van der Waals surface area contributed by atoms with E-state index >= 15 is 0 Å². The van der Waals surface area contributed by atoms with Crippen molar-refractivity contribution in [2.24, 2.45) is 11.8 Å². The van der Waals surface area contributed by atoms with Crippen LogP contribution in [-0.2, 0) is 25.5 Å². The monoisotopic (exact) mass is 605 g/mol. The van der Waals surface area contributed by atoms with E-state index in [-0.39, 0.29) is 42.8 Å². The number of aliphatic hydroxyl groups is 1. The maximum absolute atomic E-state index is 14.9. The summed E-state index contributed by atoms with van der Waals surface area (Å²) in [5, 5.41) is 10.6. The van der Waals surface area contributed by atoms with Gasteiger partial charge in [-0.1, -0.05) is 36.4 Å². The number of nitrogens with zero attached hydrogens (tertiary/aromatic N) is 3. The molecular formula is C34H43N3O5S. The van der Waals surface area contributed by atoms with Crippen molar-refractivity contribution in [3.63, 3.8) is 0 Å². The number of anilines is 2. The van der Waals surface area contributed by atoms with E-state index in [9.17, 15) is 19.5 Å². The highest BCUT2D eigenvalue weighted by Gasteiger charge is 2.74. The van der Waals surface area contributed by atoms with E-state index in [4.69, 9.17) is 4.74 Å².